The van der Waals surface area contributed by atoms with E-state index in [0.29, 0.717) is 23.6 Å². The summed E-state index contributed by atoms with van der Waals surface area (Å²) >= 11 is 0. The van der Waals surface area contributed by atoms with Crippen molar-refractivity contribution in [2.45, 2.75) is 4.90 Å². The topological polar surface area (TPSA) is 100 Å². The third kappa shape index (κ3) is 4.84. The number of ether oxygens (including phenoxy) is 2. The number of aromatic nitrogens is 2. The highest BCUT2D eigenvalue weighted by Crippen LogP contribution is 2.54. The number of amides is 1. The maximum Gasteiger partial charge on any atom is 0.264 e. The SMILES string of the molecule is COc1ccc(S(C)(NC(=O)c2cncnc2)N2CCN(CCO)CC2)cc1OC. The van der Waals surface area contributed by atoms with E-state index < -0.39 is 10.4 Å². The highest BCUT2D eigenvalue weighted by Gasteiger charge is 2.34. The average Bonchev–Trinajstić information content (AvgIpc) is 2.79. The van der Waals surface area contributed by atoms with Gasteiger partial charge < -0.3 is 14.6 Å². The zero-order valence-electron chi connectivity index (χ0n) is 17.6. The second-order valence-electron chi connectivity index (χ2n) is 6.94. The van der Waals surface area contributed by atoms with Crippen molar-refractivity contribution >= 4 is 16.3 Å². The number of aliphatic hydroxyl groups excluding tert-OH is 1. The number of hydrogen-bond donors (Lipinski definition) is 2. The first-order chi connectivity index (χ1) is 14.5. The minimum Gasteiger partial charge on any atom is -0.493 e. The molecule has 1 amide bonds. The summed E-state index contributed by atoms with van der Waals surface area (Å²) < 4.78 is 16.4. The molecule has 1 aromatic carbocycles. The van der Waals surface area contributed by atoms with E-state index in [1.54, 1.807) is 14.2 Å². The molecule has 2 N–H and O–H groups in total. The average molecular weight is 436 g/mol. The second-order valence-corrected chi connectivity index (χ2v) is 9.89. The molecular formula is C20H29N5O4S. The van der Waals surface area contributed by atoms with E-state index in [2.05, 4.69) is 30.2 Å². The lowest BCUT2D eigenvalue weighted by molar-refractivity contribution is 0.0979. The number of nitrogens with zero attached hydrogens (tertiary/aromatic N) is 4. The number of benzene rings is 1. The van der Waals surface area contributed by atoms with Crippen LogP contribution in [0.15, 0.2) is 41.8 Å². The highest BCUT2D eigenvalue weighted by molar-refractivity contribution is 8.30. The summed E-state index contributed by atoms with van der Waals surface area (Å²) in [7, 11) is 1.29. The summed E-state index contributed by atoms with van der Waals surface area (Å²) in [5.41, 5.74) is 0.413. The van der Waals surface area contributed by atoms with Crippen molar-refractivity contribution in [3.63, 3.8) is 0 Å². The largest absolute Gasteiger partial charge is 0.493 e. The first-order valence-electron chi connectivity index (χ1n) is 9.67. The third-order valence-electron chi connectivity index (χ3n) is 5.19. The van der Waals surface area contributed by atoms with Crippen molar-refractivity contribution in [1.82, 2.24) is 23.9 Å². The summed E-state index contributed by atoms with van der Waals surface area (Å²) in [4.78, 5) is 24.1. The van der Waals surface area contributed by atoms with Crippen LogP contribution in [0.1, 0.15) is 10.4 Å². The molecule has 0 radical (unpaired) electrons. The molecular weight excluding hydrogens is 406 g/mol. The Kier molecular flexibility index (Phi) is 7.48. The van der Waals surface area contributed by atoms with Gasteiger partial charge in [-0.05, 0) is 24.5 Å². The number of piperazine rings is 1. The lowest BCUT2D eigenvalue weighted by Gasteiger charge is -2.50. The molecule has 10 heteroatoms. The van der Waals surface area contributed by atoms with Gasteiger partial charge in [0, 0.05) is 50.0 Å². The maximum atomic E-state index is 13.0. The molecule has 0 aliphatic carbocycles. The van der Waals surface area contributed by atoms with Gasteiger partial charge >= 0.3 is 0 Å². The van der Waals surface area contributed by atoms with Crippen molar-refractivity contribution in [3.8, 4) is 11.5 Å². The Labute approximate surface area is 178 Å². The Morgan fingerprint density at radius 2 is 1.80 bits per heavy atom. The molecule has 1 aromatic heterocycles. The number of carbonyl (C=O) groups excluding carboxylic acids is 1. The quantitative estimate of drug-likeness (QED) is 0.637. The summed E-state index contributed by atoms with van der Waals surface area (Å²) in [5.74, 6) is 1.03. The lowest BCUT2D eigenvalue weighted by atomic mass is 10.3. The lowest BCUT2D eigenvalue weighted by Crippen LogP contribution is -2.50. The second kappa shape index (κ2) is 10.1. The molecule has 1 fully saturated rings. The monoisotopic (exact) mass is 435 g/mol. The molecule has 30 heavy (non-hydrogen) atoms. The Bertz CT molecular complexity index is 848. The highest BCUT2D eigenvalue weighted by atomic mass is 32.3. The molecule has 2 heterocycles. The van der Waals surface area contributed by atoms with Crippen LogP contribution in [0.25, 0.3) is 0 Å². The third-order valence-corrected chi connectivity index (χ3v) is 8.34. The summed E-state index contributed by atoms with van der Waals surface area (Å²) in [6.07, 6.45) is 6.49. The molecule has 1 saturated heterocycles. The maximum absolute atomic E-state index is 13.0. The van der Waals surface area contributed by atoms with Crippen LogP contribution in [0, 0.1) is 0 Å². The van der Waals surface area contributed by atoms with Crippen LogP contribution < -0.4 is 14.2 Å². The van der Waals surface area contributed by atoms with Gasteiger partial charge in [0.2, 0.25) is 0 Å². The Hall–Kier alpha value is -2.40. The zero-order valence-corrected chi connectivity index (χ0v) is 18.4. The molecule has 9 nitrogen and oxygen atoms in total. The van der Waals surface area contributed by atoms with Gasteiger partial charge in [-0.25, -0.2) is 14.3 Å². The van der Waals surface area contributed by atoms with Crippen LogP contribution in [0.5, 0.6) is 11.5 Å². The number of nitrogens with one attached hydrogen (secondary N) is 1. The Balaban J connectivity index is 1.93. The number of β-amino-alcohol motifs (C(OH)–C–C–N with tert-alkyl or cyclic N) is 1. The van der Waals surface area contributed by atoms with Crippen molar-refractivity contribution < 1.29 is 19.4 Å². The normalized spacial score (nSPS) is 18.3. The van der Waals surface area contributed by atoms with Gasteiger partial charge in [-0.3, -0.25) is 14.4 Å². The van der Waals surface area contributed by atoms with Gasteiger partial charge in [0.1, 0.15) is 6.33 Å². The summed E-state index contributed by atoms with van der Waals surface area (Å²) in [6.45, 7) is 3.98. The van der Waals surface area contributed by atoms with Crippen LogP contribution in [0.3, 0.4) is 0 Å². The Morgan fingerprint density at radius 1 is 1.13 bits per heavy atom. The van der Waals surface area contributed by atoms with Gasteiger partial charge in [-0.1, -0.05) is 10.4 Å². The molecule has 0 bridgehead atoms. The van der Waals surface area contributed by atoms with Crippen molar-refractivity contribution in [3.05, 3.63) is 42.5 Å². The molecule has 0 saturated carbocycles. The van der Waals surface area contributed by atoms with Crippen LogP contribution in [0.2, 0.25) is 0 Å². The minimum atomic E-state index is -1.91. The van der Waals surface area contributed by atoms with Crippen molar-refractivity contribution in [1.29, 1.82) is 0 Å². The van der Waals surface area contributed by atoms with Gasteiger partial charge in [0.05, 0.1) is 26.4 Å². The smallest absolute Gasteiger partial charge is 0.264 e. The zero-order chi connectivity index (χ0) is 21.6. The molecule has 0 spiro atoms. The predicted octanol–water partition coefficient (Wildman–Crippen LogP) is 1.16. The van der Waals surface area contributed by atoms with Crippen LogP contribution in [0.4, 0.5) is 0 Å². The molecule has 1 aliphatic heterocycles. The molecule has 2 aromatic rings. The molecule has 1 aliphatic rings. The molecule has 164 valence electrons. The van der Waals surface area contributed by atoms with Gasteiger partial charge in [-0.2, -0.15) is 0 Å². The van der Waals surface area contributed by atoms with Crippen molar-refractivity contribution in [2.24, 2.45) is 0 Å². The fraction of sp³-hybridized carbons (Fsp3) is 0.450. The van der Waals surface area contributed by atoms with Crippen LogP contribution in [-0.2, 0) is 0 Å². The van der Waals surface area contributed by atoms with E-state index >= 15 is 0 Å². The number of aliphatic hydroxyl groups is 1. The summed E-state index contributed by atoms with van der Waals surface area (Å²) in [5, 5.41) is 9.23. The predicted molar refractivity (Wildman–Crippen MR) is 116 cm³/mol. The number of carbonyl (C=O) groups is 1. The van der Waals surface area contributed by atoms with E-state index in [4.69, 9.17) is 9.47 Å². The van der Waals surface area contributed by atoms with Gasteiger partial charge in [-0.15, -0.1) is 0 Å². The molecule has 3 rings (SSSR count). The summed E-state index contributed by atoms with van der Waals surface area (Å²) in [6, 6.07) is 5.76. The van der Waals surface area contributed by atoms with Crippen molar-refractivity contribution in [2.75, 3.05) is 59.8 Å². The number of rotatable bonds is 8. The minimum absolute atomic E-state index is 0.143. The standard InChI is InChI=1S/C20H29N5O4S/c1-28-18-5-4-17(12-19(18)29-2)30(3,23-20(27)16-13-21-15-22-14-16)25-8-6-24(7-9-25)10-11-26/h4-5,12-15,26H,6-11H2,1-3H3,(H,23,27). The van der Waals surface area contributed by atoms with Crippen LogP contribution >= 0.6 is 10.4 Å². The number of hydrogen-bond acceptors (Lipinski definition) is 8. The van der Waals surface area contributed by atoms with E-state index in [1.165, 1.54) is 18.7 Å². The molecule has 1 unspecified atom stereocenters. The van der Waals surface area contributed by atoms with Gasteiger partial charge in [0.15, 0.2) is 11.5 Å². The van der Waals surface area contributed by atoms with Gasteiger partial charge in [0.25, 0.3) is 5.91 Å². The Morgan fingerprint density at radius 3 is 2.40 bits per heavy atom. The first-order valence-corrected chi connectivity index (χ1v) is 11.7. The molecule has 1 atom stereocenters. The first kappa shape index (κ1) is 22.3. The van der Waals surface area contributed by atoms with Crippen LogP contribution in [-0.4, -0.2) is 90.0 Å². The number of methoxy groups -OCH3 is 2. The fourth-order valence-corrected chi connectivity index (χ4v) is 6.04. The fourth-order valence-electron chi connectivity index (χ4n) is 3.45. The van der Waals surface area contributed by atoms with E-state index in [9.17, 15) is 9.90 Å². The van der Waals surface area contributed by atoms with E-state index in [-0.39, 0.29) is 12.5 Å². The van der Waals surface area contributed by atoms with E-state index in [0.717, 1.165) is 31.1 Å². The van der Waals surface area contributed by atoms with E-state index in [1.807, 2.05) is 18.2 Å².